The molecule has 1 aromatic rings. The predicted molar refractivity (Wildman–Crippen MR) is 80.6 cm³/mol. The summed E-state index contributed by atoms with van der Waals surface area (Å²) in [6, 6.07) is 6.71. The third-order valence-electron chi connectivity index (χ3n) is 4.46. The van der Waals surface area contributed by atoms with E-state index in [2.05, 4.69) is 22.3 Å². The second-order valence-corrected chi connectivity index (χ2v) is 5.81. The number of piperidine rings is 1. The number of likely N-dealkylation sites (tertiary alicyclic amines) is 1. The van der Waals surface area contributed by atoms with E-state index < -0.39 is 0 Å². The number of nitrogens with two attached hydrogens (primary N) is 1. The average Bonchev–Trinajstić information content (AvgIpc) is 2.49. The lowest BCUT2D eigenvalue weighted by atomic mass is 9.95. The maximum atomic E-state index is 11.4. The van der Waals surface area contributed by atoms with Gasteiger partial charge in [0.1, 0.15) is 0 Å². The van der Waals surface area contributed by atoms with E-state index >= 15 is 0 Å². The molecule has 2 heterocycles. The standard InChI is InChI=1S/C16H23N3O/c17-11-15(19-8-2-1-3-9-19)13-4-6-14-12(10-13)5-7-16(20)18-14/h4,6,10,15H,1-3,5,7-9,11,17H2,(H,18,20). The number of hydrogen-bond donors (Lipinski definition) is 2. The molecule has 0 radical (unpaired) electrons. The number of aryl methyl sites for hydroxylation is 1. The number of nitrogens with one attached hydrogen (secondary N) is 1. The Labute approximate surface area is 120 Å². The molecule has 1 amide bonds. The monoisotopic (exact) mass is 273 g/mol. The summed E-state index contributed by atoms with van der Waals surface area (Å²) in [7, 11) is 0. The van der Waals surface area contributed by atoms with Crippen LogP contribution in [0.4, 0.5) is 5.69 Å². The molecule has 0 bridgehead atoms. The molecule has 3 N–H and O–H groups in total. The summed E-state index contributed by atoms with van der Waals surface area (Å²) in [5.41, 5.74) is 9.54. The van der Waals surface area contributed by atoms with Gasteiger partial charge in [-0.3, -0.25) is 9.69 Å². The quantitative estimate of drug-likeness (QED) is 0.886. The summed E-state index contributed by atoms with van der Waals surface area (Å²) >= 11 is 0. The van der Waals surface area contributed by atoms with Crippen molar-refractivity contribution in [1.82, 2.24) is 4.90 Å². The molecule has 1 unspecified atom stereocenters. The maximum absolute atomic E-state index is 11.4. The second-order valence-electron chi connectivity index (χ2n) is 5.81. The molecular weight excluding hydrogens is 250 g/mol. The number of amides is 1. The highest BCUT2D eigenvalue weighted by molar-refractivity contribution is 5.93. The van der Waals surface area contributed by atoms with Crippen LogP contribution in [-0.2, 0) is 11.2 Å². The molecule has 2 aliphatic heterocycles. The van der Waals surface area contributed by atoms with Gasteiger partial charge in [-0.1, -0.05) is 18.6 Å². The summed E-state index contributed by atoms with van der Waals surface area (Å²) in [6.45, 7) is 2.95. The fourth-order valence-electron chi connectivity index (χ4n) is 3.34. The van der Waals surface area contributed by atoms with Crippen LogP contribution in [0.2, 0.25) is 0 Å². The molecule has 20 heavy (non-hydrogen) atoms. The fraction of sp³-hybridized carbons (Fsp3) is 0.562. The van der Waals surface area contributed by atoms with Gasteiger partial charge in [0.05, 0.1) is 0 Å². The van der Waals surface area contributed by atoms with Gasteiger partial charge >= 0.3 is 0 Å². The molecule has 108 valence electrons. The molecule has 0 spiro atoms. The first kappa shape index (κ1) is 13.6. The van der Waals surface area contributed by atoms with Crippen molar-refractivity contribution in [3.8, 4) is 0 Å². The van der Waals surface area contributed by atoms with Crippen molar-refractivity contribution in [3.05, 3.63) is 29.3 Å². The topological polar surface area (TPSA) is 58.4 Å². The Bertz CT molecular complexity index is 494. The van der Waals surface area contributed by atoms with Crippen LogP contribution in [-0.4, -0.2) is 30.4 Å². The Kier molecular flexibility index (Phi) is 4.03. The summed E-state index contributed by atoms with van der Waals surface area (Å²) in [4.78, 5) is 13.9. The van der Waals surface area contributed by atoms with Gasteiger partial charge in [-0.05, 0) is 49.5 Å². The third-order valence-corrected chi connectivity index (χ3v) is 4.46. The van der Waals surface area contributed by atoms with Crippen LogP contribution in [0.1, 0.15) is 42.9 Å². The van der Waals surface area contributed by atoms with Crippen LogP contribution < -0.4 is 11.1 Å². The van der Waals surface area contributed by atoms with Crippen LogP contribution in [0, 0.1) is 0 Å². The zero-order valence-corrected chi connectivity index (χ0v) is 11.9. The number of fused-ring (bicyclic) bond motifs is 1. The molecule has 1 atom stereocenters. The lowest BCUT2D eigenvalue weighted by Gasteiger charge is -2.34. The lowest BCUT2D eigenvalue weighted by molar-refractivity contribution is -0.116. The molecule has 4 nitrogen and oxygen atoms in total. The largest absolute Gasteiger partial charge is 0.329 e. The van der Waals surface area contributed by atoms with E-state index in [0.717, 1.165) is 25.2 Å². The van der Waals surface area contributed by atoms with Crippen molar-refractivity contribution < 1.29 is 4.79 Å². The summed E-state index contributed by atoms with van der Waals surface area (Å²) in [5, 5.41) is 2.94. The Morgan fingerprint density at radius 2 is 2.00 bits per heavy atom. The van der Waals surface area contributed by atoms with Gasteiger partial charge in [0.15, 0.2) is 0 Å². The minimum Gasteiger partial charge on any atom is -0.329 e. The van der Waals surface area contributed by atoms with Crippen molar-refractivity contribution >= 4 is 11.6 Å². The fourth-order valence-corrected chi connectivity index (χ4v) is 3.34. The number of benzene rings is 1. The lowest BCUT2D eigenvalue weighted by Crippen LogP contribution is -2.37. The first-order valence-corrected chi connectivity index (χ1v) is 7.65. The Balaban J connectivity index is 1.83. The maximum Gasteiger partial charge on any atom is 0.224 e. The van der Waals surface area contributed by atoms with Crippen LogP contribution in [0.25, 0.3) is 0 Å². The number of nitrogens with zero attached hydrogens (tertiary/aromatic N) is 1. The number of rotatable bonds is 3. The number of carbonyl (C=O) groups is 1. The summed E-state index contributed by atoms with van der Waals surface area (Å²) < 4.78 is 0. The van der Waals surface area contributed by atoms with Gasteiger partial charge in [0.2, 0.25) is 5.91 Å². The summed E-state index contributed by atoms with van der Waals surface area (Å²) in [5.74, 6) is 0.122. The van der Waals surface area contributed by atoms with Crippen LogP contribution in [0.15, 0.2) is 18.2 Å². The van der Waals surface area contributed by atoms with Crippen molar-refractivity contribution in [3.63, 3.8) is 0 Å². The highest BCUT2D eigenvalue weighted by Gasteiger charge is 2.23. The molecule has 2 aliphatic rings. The normalized spacial score (nSPS) is 21.1. The molecule has 1 saturated heterocycles. The average molecular weight is 273 g/mol. The van der Waals surface area contributed by atoms with Crippen LogP contribution in [0.5, 0.6) is 0 Å². The molecule has 0 aliphatic carbocycles. The van der Waals surface area contributed by atoms with Crippen molar-refractivity contribution in [2.45, 2.75) is 38.1 Å². The van der Waals surface area contributed by atoms with Crippen molar-refractivity contribution in [2.75, 3.05) is 25.0 Å². The smallest absolute Gasteiger partial charge is 0.224 e. The Hall–Kier alpha value is -1.39. The first-order chi connectivity index (χ1) is 9.78. The van der Waals surface area contributed by atoms with Crippen molar-refractivity contribution in [1.29, 1.82) is 0 Å². The second kappa shape index (κ2) is 5.94. The van der Waals surface area contributed by atoms with Gasteiger partial charge in [-0.2, -0.15) is 0 Å². The van der Waals surface area contributed by atoms with E-state index in [1.54, 1.807) is 0 Å². The number of hydrogen-bond acceptors (Lipinski definition) is 3. The zero-order valence-electron chi connectivity index (χ0n) is 11.9. The molecule has 1 fully saturated rings. The van der Waals surface area contributed by atoms with E-state index in [9.17, 15) is 4.79 Å². The minimum atomic E-state index is 0.122. The molecule has 0 aromatic heterocycles. The van der Waals surface area contributed by atoms with Gasteiger partial charge in [-0.25, -0.2) is 0 Å². The minimum absolute atomic E-state index is 0.122. The predicted octanol–water partition coefficient (Wildman–Crippen LogP) is 2.06. The Morgan fingerprint density at radius 3 is 2.75 bits per heavy atom. The zero-order chi connectivity index (χ0) is 13.9. The highest BCUT2D eigenvalue weighted by Crippen LogP contribution is 2.29. The highest BCUT2D eigenvalue weighted by atomic mass is 16.1. The van der Waals surface area contributed by atoms with E-state index in [4.69, 9.17) is 5.73 Å². The molecule has 3 rings (SSSR count). The number of anilines is 1. The van der Waals surface area contributed by atoms with Gasteiger partial charge in [0.25, 0.3) is 0 Å². The summed E-state index contributed by atoms with van der Waals surface area (Å²) in [6.07, 6.45) is 5.32. The molecule has 0 saturated carbocycles. The van der Waals surface area contributed by atoms with E-state index in [-0.39, 0.29) is 5.91 Å². The van der Waals surface area contributed by atoms with Gasteiger partial charge in [0, 0.05) is 24.7 Å². The van der Waals surface area contributed by atoms with Gasteiger partial charge in [-0.15, -0.1) is 0 Å². The van der Waals surface area contributed by atoms with Gasteiger partial charge < -0.3 is 11.1 Å². The molecule has 1 aromatic carbocycles. The number of carbonyl (C=O) groups excluding carboxylic acids is 1. The first-order valence-electron chi connectivity index (χ1n) is 7.65. The third kappa shape index (κ3) is 2.72. The Morgan fingerprint density at radius 1 is 1.20 bits per heavy atom. The van der Waals surface area contributed by atoms with Crippen molar-refractivity contribution in [2.24, 2.45) is 5.73 Å². The van der Waals surface area contributed by atoms with E-state index in [1.165, 1.54) is 30.4 Å². The van der Waals surface area contributed by atoms with Crippen LogP contribution >= 0.6 is 0 Å². The SMILES string of the molecule is NCC(c1ccc2c(c1)CCC(=O)N2)N1CCCCC1. The van der Waals surface area contributed by atoms with E-state index in [0.29, 0.717) is 19.0 Å². The van der Waals surface area contributed by atoms with Crippen LogP contribution in [0.3, 0.4) is 0 Å². The van der Waals surface area contributed by atoms with E-state index in [1.807, 2.05) is 6.07 Å². The molecular formula is C16H23N3O. The molecule has 4 heteroatoms.